The van der Waals surface area contributed by atoms with E-state index in [4.69, 9.17) is 4.74 Å². The zero-order valence-corrected chi connectivity index (χ0v) is 12.0. The minimum absolute atomic E-state index is 0.255. The SMILES string of the molecule is CC(C)N(CCOc1ccc(O)cc1)c1ccccc1. The fourth-order valence-electron chi connectivity index (χ4n) is 2.11. The molecule has 106 valence electrons. The van der Waals surface area contributed by atoms with Crippen molar-refractivity contribution in [1.29, 1.82) is 0 Å². The van der Waals surface area contributed by atoms with Crippen molar-refractivity contribution in [2.75, 3.05) is 18.1 Å². The quantitative estimate of drug-likeness (QED) is 0.869. The Hall–Kier alpha value is -2.16. The van der Waals surface area contributed by atoms with Gasteiger partial charge in [-0.1, -0.05) is 18.2 Å². The molecule has 0 radical (unpaired) electrons. The summed E-state index contributed by atoms with van der Waals surface area (Å²) in [5, 5.41) is 9.23. The first-order valence-electron chi connectivity index (χ1n) is 6.90. The van der Waals surface area contributed by atoms with Crippen molar-refractivity contribution in [2.24, 2.45) is 0 Å². The highest BCUT2D eigenvalue weighted by atomic mass is 16.5. The molecule has 20 heavy (non-hydrogen) atoms. The zero-order valence-electron chi connectivity index (χ0n) is 12.0. The van der Waals surface area contributed by atoms with E-state index in [0.717, 1.165) is 12.3 Å². The minimum atomic E-state index is 0.255. The molecule has 0 unspecified atom stereocenters. The molecule has 0 spiro atoms. The zero-order chi connectivity index (χ0) is 14.4. The first-order valence-corrected chi connectivity index (χ1v) is 6.90. The van der Waals surface area contributed by atoms with Gasteiger partial charge in [0.25, 0.3) is 0 Å². The van der Waals surface area contributed by atoms with Gasteiger partial charge in [0.2, 0.25) is 0 Å². The smallest absolute Gasteiger partial charge is 0.119 e. The monoisotopic (exact) mass is 271 g/mol. The number of hydrogen-bond acceptors (Lipinski definition) is 3. The van der Waals surface area contributed by atoms with Gasteiger partial charge in [-0.25, -0.2) is 0 Å². The number of anilines is 1. The van der Waals surface area contributed by atoms with Crippen molar-refractivity contribution >= 4 is 5.69 Å². The molecule has 0 saturated carbocycles. The van der Waals surface area contributed by atoms with Crippen molar-refractivity contribution in [3.8, 4) is 11.5 Å². The third-order valence-corrected chi connectivity index (χ3v) is 3.15. The maximum absolute atomic E-state index is 9.23. The van der Waals surface area contributed by atoms with Gasteiger partial charge in [0.1, 0.15) is 18.1 Å². The second kappa shape index (κ2) is 6.85. The van der Waals surface area contributed by atoms with E-state index in [1.54, 1.807) is 24.3 Å². The van der Waals surface area contributed by atoms with Crippen LogP contribution in [0.1, 0.15) is 13.8 Å². The van der Waals surface area contributed by atoms with Crippen LogP contribution in [0.25, 0.3) is 0 Å². The fourth-order valence-corrected chi connectivity index (χ4v) is 2.11. The summed E-state index contributed by atoms with van der Waals surface area (Å²) in [4.78, 5) is 2.31. The van der Waals surface area contributed by atoms with Gasteiger partial charge in [-0.05, 0) is 50.2 Å². The Labute approximate surface area is 120 Å². The van der Waals surface area contributed by atoms with Crippen LogP contribution in [0.15, 0.2) is 54.6 Å². The molecule has 0 bridgehead atoms. The van der Waals surface area contributed by atoms with E-state index < -0.39 is 0 Å². The molecular formula is C17H21NO2. The lowest BCUT2D eigenvalue weighted by Gasteiger charge is -2.29. The summed E-state index contributed by atoms with van der Waals surface area (Å²) >= 11 is 0. The average Bonchev–Trinajstić information content (AvgIpc) is 2.46. The Morgan fingerprint density at radius 1 is 1.00 bits per heavy atom. The third kappa shape index (κ3) is 3.92. The molecule has 0 fully saturated rings. The third-order valence-electron chi connectivity index (χ3n) is 3.15. The van der Waals surface area contributed by atoms with Gasteiger partial charge in [0.05, 0.1) is 6.54 Å². The van der Waals surface area contributed by atoms with E-state index >= 15 is 0 Å². The molecular weight excluding hydrogens is 250 g/mol. The van der Waals surface area contributed by atoms with Crippen LogP contribution in [0, 0.1) is 0 Å². The van der Waals surface area contributed by atoms with Crippen LogP contribution in [0.4, 0.5) is 5.69 Å². The molecule has 1 N–H and O–H groups in total. The van der Waals surface area contributed by atoms with Gasteiger partial charge in [-0.3, -0.25) is 0 Å². The first kappa shape index (κ1) is 14.3. The van der Waals surface area contributed by atoms with E-state index in [1.165, 1.54) is 5.69 Å². The maximum Gasteiger partial charge on any atom is 0.119 e. The Morgan fingerprint density at radius 2 is 1.65 bits per heavy atom. The summed E-state index contributed by atoms with van der Waals surface area (Å²) in [7, 11) is 0. The summed E-state index contributed by atoms with van der Waals surface area (Å²) in [6.07, 6.45) is 0. The van der Waals surface area contributed by atoms with Crippen LogP contribution in [0.3, 0.4) is 0 Å². The van der Waals surface area contributed by atoms with Crippen LogP contribution < -0.4 is 9.64 Å². The van der Waals surface area contributed by atoms with Crippen molar-refractivity contribution in [3.63, 3.8) is 0 Å². The number of nitrogens with zero attached hydrogens (tertiary/aromatic N) is 1. The number of aromatic hydroxyl groups is 1. The van der Waals surface area contributed by atoms with Gasteiger partial charge < -0.3 is 14.7 Å². The number of ether oxygens (including phenoxy) is 1. The van der Waals surface area contributed by atoms with E-state index in [0.29, 0.717) is 12.6 Å². The molecule has 3 nitrogen and oxygen atoms in total. The molecule has 0 aromatic heterocycles. The molecule has 2 aromatic carbocycles. The second-order valence-corrected chi connectivity index (χ2v) is 4.97. The van der Waals surface area contributed by atoms with Crippen molar-refractivity contribution in [3.05, 3.63) is 54.6 Å². The number of rotatable bonds is 6. The van der Waals surface area contributed by atoms with Gasteiger partial charge in [-0.2, -0.15) is 0 Å². The molecule has 0 saturated heterocycles. The number of para-hydroxylation sites is 1. The first-order chi connectivity index (χ1) is 9.66. The van der Waals surface area contributed by atoms with Crippen LogP contribution in [-0.4, -0.2) is 24.3 Å². The van der Waals surface area contributed by atoms with E-state index in [1.807, 2.05) is 18.2 Å². The molecule has 0 aliphatic rings. The Morgan fingerprint density at radius 3 is 2.25 bits per heavy atom. The summed E-state index contributed by atoms with van der Waals surface area (Å²) in [5.74, 6) is 1.03. The molecule has 0 atom stereocenters. The molecule has 0 aliphatic carbocycles. The van der Waals surface area contributed by atoms with Gasteiger partial charge in [-0.15, -0.1) is 0 Å². The largest absolute Gasteiger partial charge is 0.508 e. The minimum Gasteiger partial charge on any atom is -0.508 e. The summed E-state index contributed by atoms with van der Waals surface area (Å²) < 4.78 is 5.71. The molecule has 3 heteroatoms. The lowest BCUT2D eigenvalue weighted by Crippen LogP contribution is -2.34. The van der Waals surface area contributed by atoms with Crippen molar-refractivity contribution in [1.82, 2.24) is 0 Å². The summed E-state index contributed by atoms with van der Waals surface area (Å²) in [6, 6.07) is 17.6. The lowest BCUT2D eigenvalue weighted by molar-refractivity contribution is 0.320. The molecule has 0 aliphatic heterocycles. The Kier molecular flexibility index (Phi) is 4.88. The van der Waals surface area contributed by atoms with E-state index in [-0.39, 0.29) is 5.75 Å². The van der Waals surface area contributed by atoms with Gasteiger partial charge >= 0.3 is 0 Å². The van der Waals surface area contributed by atoms with Crippen LogP contribution >= 0.6 is 0 Å². The summed E-state index contributed by atoms with van der Waals surface area (Å²) in [6.45, 7) is 5.78. The topological polar surface area (TPSA) is 32.7 Å². The predicted molar refractivity (Wildman–Crippen MR) is 82.5 cm³/mol. The number of phenols is 1. The molecule has 2 aromatic rings. The molecule has 2 rings (SSSR count). The fraction of sp³-hybridized carbons (Fsp3) is 0.294. The standard InChI is InChI=1S/C17H21NO2/c1-14(2)18(15-6-4-3-5-7-15)12-13-20-17-10-8-16(19)9-11-17/h3-11,14,19H,12-13H2,1-2H3. The van der Waals surface area contributed by atoms with Crippen LogP contribution in [0.2, 0.25) is 0 Å². The highest BCUT2D eigenvalue weighted by molar-refractivity contribution is 5.46. The maximum atomic E-state index is 9.23. The second-order valence-electron chi connectivity index (χ2n) is 4.97. The molecule has 0 amide bonds. The Bertz CT molecular complexity index is 508. The number of phenolic OH excluding ortho intramolecular Hbond substituents is 1. The predicted octanol–water partition coefficient (Wildman–Crippen LogP) is 3.69. The normalized spacial score (nSPS) is 10.6. The van der Waals surface area contributed by atoms with Crippen LogP contribution in [-0.2, 0) is 0 Å². The Balaban J connectivity index is 1.91. The average molecular weight is 271 g/mol. The number of benzene rings is 2. The van der Waals surface area contributed by atoms with Crippen molar-refractivity contribution in [2.45, 2.75) is 19.9 Å². The highest BCUT2D eigenvalue weighted by Crippen LogP contribution is 2.18. The van der Waals surface area contributed by atoms with Crippen molar-refractivity contribution < 1.29 is 9.84 Å². The van der Waals surface area contributed by atoms with Gasteiger partial charge in [0, 0.05) is 11.7 Å². The van der Waals surface area contributed by atoms with E-state index in [2.05, 4.69) is 30.9 Å². The highest BCUT2D eigenvalue weighted by Gasteiger charge is 2.09. The molecule has 0 heterocycles. The van der Waals surface area contributed by atoms with E-state index in [9.17, 15) is 5.11 Å². The lowest BCUT2D eigenvalue weighted by atomic mass is 10.2. The summed E-state index contributed by atoms with van der Waals surface area (Å²) in [5.41, 5.74) is 1.21. The number of hydrogen-bond donors (Lipinski definition) is 1. The van der Waals surface area contributed by atoms with Gasteiger partial charge in [0.15, 0.2) is 0 Å². The van der Waals surface area contributed by atoms with Crippen LogP contribution in [0.5, 0.6) is 11.5 Å².